The van der Waals surface area contributed by atoms with Crippen LogP contribution < -0.4 is 11.1 Å². The number of carbonyl (C=O) groups is 1. The third-order valence-corrected chi connectivity index (χ3v) is 3.00. The minimum atomic E-state index is -0.451. The Bertz CT molecular complexity index is 618. The smallest absolute Gasteiger partial charge is 0.255 e. The molecule has 0 fully saturated rings. The van der Waals surface area contributed by atoms with Crippen molar-refractivity contribution >= 4 is 17.3 Å². The number of amides is 1. The van der Waals surface area contributed by atoms with Crippen LogP contribution in [0, 0.1) is 19.7 Å². The van der Waals surface area contributed by atoms with Gasteiger partial charge in [-0.2, -0.15) is 0 Å². The van der Waals surface area contributed by atoms with Crippen LogP contribution in [0.2, 0.25) is 0 Å². The summed E-state index contributed by atoms with van der Waals surface area (Å²) in [5.41, 5.74) is 8.48. The Morgan fingerprint density at radius 3 is 2.53 bits per heavy atom. The van der Waals surface area contributed by atoms with Gasteiger partial charge in [-0.15, -0.1) is 0 Å². The summed E-state index contributed by atoms with van der Waals surface area (Å²) >= 11 is 0. The minimum absolute atomic E-state index is 0.201. The fraction of sp³-hybridized carbons (Fsp3) is 0.133. The molecular formula is C15H15FN2O. The lowest BCUT2D eigenvalue weighted by Gasteiger charge is -2.10. The molecule has 4 heteroatoms. The van der Waals surface area contributed by atoms with Gasteiger partial charge in [0.15, 0.2) is 0 Å². The van der Waals surface area contributed by atoms with E-state index in [1.807, 2.05) is 6.92 Å². The molecule has 0 aliphatic carbocycles. The number of para-hydroxylation sites is 1. The second kappa shape index (κ2) is 5.10. The number of carbonyl (C=O) groups excluding carboxylic acids is 1. The average Bonchev–Trinajstić information content (AvgIpc) is 2.37. The van der Waals surface area contributed by atoms with Crippen LogP contribution in [0.4, 0.5) is 15.8 Å². The molecule has 2 aromatic rings. The molecule has 0 saturated heterocycles. The highest BCUT2D eigenvalue weighted by Gasteiger charge is 2.11. The molecule has 0 saturated carbocycles. The Morgan fingerprint density at radius 1 is 1.16 bits per heavy atom. The van der Waals surface area contributed by atoms with Crippen LogP contribution >= 0.6 is 0 Å². The molecule has 0 aliphatic heterocycles. The third-order valence-electron chi connectivity index (χ3n) is 3.00. The van der Waals surface area contributed by atoms with E-state index in [9.17, 15) is 9.18 Å². The van der Waals surface area contributed by atoms with Gasteiger partial charge in [-0.25, -0.2) is 4.39 Å². The van der Waals surface area contributed by atoms with Crippen molar-refractivity contribution in [3.63, 3.8) is 0 Å². The van der Waals surface area contributed by atoms with Gasteiger partial charge in [0, 0.05) is 11.3 Å². The lowest BCUT2D eigenvalue weighted by Crippen LogP contribution is -2.14. The molecule has 2 aromatic carbocycles. The number of hydrogen-bond acceptors (Lipinski definition) is 2. The van der Waals surface area contributed by atoms with Crippen molar-refractivity contribution in [2.24, 2.45) is 0 Å². The molecular weight excluding hydrogens is 243 g/mol. The van der Waals surface area contributed by atoms with E-state index in [2.05, 4.69) is 5.32 Å². The summed E-state index contributed by atoms with van der Waals surface area (Å²) in [5, 5.41) is 2.57. The molecule has 3 nitrogen and oxygen atoms in total. The molecule has 0 radical (unpaired) electrons. The fourth-order valence-corrected chi connectivity index (χ4v) is 1.76. The van der Waals surface area contributed by atoms with Gasteiger partial charge >= 0.3 is 0 Å². The largest absolute Gasteiger partial charge is 0.398 e. The fourth-order valence-electron chi connectivity index (χ4n) is 1.76. The van der Waals surface area contributed by atoms with Crippen LogP contribution in [0.3, 0.4) is 0 Å². The highest BCUT2D eigenvalue weighted by Crippen LogP contribution is 2.20. The lowest BCUT2D eigenvalue weighted by atomic mass is 10.1. The van der Waals surface area contributed by atoms with Gasteiger partial charge in [0.2, 0.25) is 0 Å². The number of benzene rings is 2. The Kier molecular flexibility index (Phi) is 3.51. The number of nitrogen functional groups attached to an aromatic ring is 1. The van der Waals surface area contributed by atoms with E-state index < -0.39 is 5.82 Å². The molecule has 0 spiro atoms. The predicted octanol–water partition coefficient (Wildman–Crippen LogP) is 3.28. The first-order chi connectivity index (χ1) is 8.99. The zero-order chi connectivity index (χ0) is 14.0. The number of aryl methyl sites for hydroxylation is 2. The standard InChI is InChI=1S/C15H15FN2O/c1-9-6-7-11(8-13(9)17)15(19)18-14-10(2)4-3-5-12(14)16/h3-8H,17H2,1-2H3,(H,18,19). The predicted molar refractivity (Wildman–Crippen MR) is 74.7 cm³/mol. The van der Waals surface area contributed by atoms with Crippen molar-refractivity contribution in [3.05, 3.63) is 58.9 Å². The first-order valence-electron chi connectivity index (χ1n) is 5.91. The second-order valence-electron chi connectivity index (χ2n) is 4.46. The van der Waals surface area contributed by atoms with Gasteiger partial charge < -0.3 is 11.1 Å². The van der Waals surface area contributed by atoms with Gasteiger partial charge in [0.05, 0.1) is 5.69 Å². The summed E-state index contributed by atoms with van der Waals surface area (Å²) < 4.78 is 13.6. The lowest BCUT2D eigenvalue weighted by molar-refractivity contribution is 0.102. The van der Waals surface area contributed by atoms with Crippen molar-refractivity contribution in [3.8, 4) is 0 Å². The van der Waals surface area contributed by atoms with Crippen molar-refractivity contribution < 1.29 is 9.18 Å². The molecule has 3 N–H and O–H groups in total. The van der Waals surface area contributed by atoms with E-state index in [1.54, 1.807) is 37.3 Å². The quantitative estimate of drug-likeness (QED) is 0.812. The van der Waals surface area contributed by atoms with E-state index in [0.29, 0.717) is 16.8 Å². The number of anilines is 2. The number of nitrogens with one attached hydrogen (secondary N) is 1. The minimum Gasteiger partial charge on any atom is -0.398 e. The van der Waals surface area contributed by atoms with E-state index in [4.69, 9.17) is 5.73 Å². The topological polar surface area (TPSA) is 55.1 Å². The van der Waals surface area contributed by atoms with Crippen LogP contribution in [0.15, 0.2) is 36.4 Å². The zero-order valence-electron chi connectivity index (χ0n) is 10.8. The van der Waals surface area contributed by atoms with Crippen molar-refractivity contribution in [2.75, 3.05) is 11.1 Å². The summed E-state index contributed by atoms with van der Waals surface area (Å²) in [4.78, 5) is 12.0. The highest BCUT2D eigenvalue weighted by atomic mass is 19.1. The SMILES string of the molecule is Cc1ccc(C(=O)Nc2c(C)cccc2F)cc1N. The average molecular weight is 258 g/mol. The first kappa shape index (κ1) is 13.1. The Hall–Kier alpha value is -2.36. The third kappa shape index (κ3) is 2.73. The molecule has 19 heavy (non-hydrogen) atoms. The maximum atomic E-state index is 13.6. The summed E-state index contributed by atoms with van der Waals surface area (Å²) in [6.07, 6.45) is 0. The normalized spacial score (nSPS) is 10.3. The molecule has 0 atom stereocenters. The van der Waals surface area contributed by atoms with Gasteiger partial charge in [0.25, 0.3) is 5.91 Å². The Labute approximate surface area is 111 Å². The van der Waals surface area contributed by atoms with Gasteiger partial charge in [-0.3, -0.25) is 4.79 Å². The Morgan fingerprint density at radius 2 is 1.89 bits per heavy atom. The Balaban J connectivity index is 2.28. The summed E-state index contributed by atoms with van der Waals surface area (Å²) in [6.45, 7) is 3.60. The van der Waals surface area contributed by atoms with E-state index in [1.165, 1.54) is 6.07 Å². The van der Waals surface area contributed by atoms with E-state index in [-0.39, 0.29) is 11.6 Å². The molecule has 0 aliphatic rings. The summed E-state index contributed by atoms with van der Waals surface area (Å²) in [7, 11) is 0. The van der Waals surface area contributed by atoms with Crippen molar-refractivity contribution in [2.45, 2.75) is 13.8 Å². The van der Waals surface area contributed by atoms with E-state index in [0.717, 1.165) is 5.56 Å². The maximum absolute atomic E-state index is 13.6. The molecule has 0 aromatic heterocycles. The van der Waals surface area contributed by atoms with Crippen LogP contribution in [0.1, 0.15) is 21.5 Å². The zero-order valence-corrected chi connectivity index (χ0v) is 10.8. The molecule has 0 heterocycles. The summed E-state index contributed by atoms with van der Waals surface area (Å²) in [5.74, 6) is -0.826. The van der Waals surface area contributed by atoms with Gasteiger partial charge in [-0.1, -0.05) is 18.2 Å². The van der Waals surface area contributed by atoms with Gasteiger partial charge in [0.1, 0.15) is 5.82 Å². The van der Waals surface area contributed by atoms with Crippen LogP contribution in [-0.4, -0.2) is 5.91 Å². The molecule has 2 rings (SSSR count). The van der Waals surface area contributed by atoms with Crippen LogP contribution in [-0.2, 0) is 0 Å². The second-order valence-corrected chi connectivity index (χ2v) is 4.46. The summed E-state index contributed by atoms with van der Waals surface area (Å²) in [6, 6.07) is 9.66. The first-order valence-corrected chi connectivity index (χ1v) is 5.91. The monoisotopic (exact) mass is 258 g/mol. The van der Waals surface area contributed by atoms with Crippen molar-refractivity contribution in [1.82, 2.24) is 0 Å². The van der Waals surface area contributed by atoms with Crippen LogP contribution in [0.5, 0.6) is 0 Å². The number of hydrogen-bond donors (Lipinski definition) is 2. The molecule has 1 amide bonds. The molecule has 98 valence electrons. The maximum Gasteiger partial charge on any atom is 0.255 e. The number of halogens is 1. The number of rotatable bonds is 2. The van der Waals surface area contributed by atoms with Gasteiger partial charge in [-0.05, 0) is 43.2 Å². The van der Waals surface area contributed by atoms with Crippen LogP contribution in [0.25, 0.3) is 0 Å². The van der Waals surface area contributed by atoms with E-state index >= 15 is 0 Å². The number of nitrogens with two attached hydrogens (primary N) is 1. The van der Waals surface area contributed by atoms with Crippen molar-refractivity contribution in [1.29, 1.82) is 0 Å². The molecule has 0 bridgehead atoms. The molecule has 0 unspecified atom stereocenters. The highest BCUT2D eigenvalue weighted by molar-refractivity contribution is 6.05.